The Kier molecular flexibility index (Phi) is 6.11. The van der Waals surface area contributed by atoms with Crippen LogP contribution in [0.4, 0.5) is 11.4 Å². The Hall–Kier alpha value is -3.66. The SMILES string of the molecule is Cc1[nH]c(C)c(C(=O)O)c1C.O=C1Cc2cc(S(=O)(=O)Nc3cccnc3)ccc2N1. The Balaban J connectivity index is 0.000000210. The van der Waals surface area contributed by atoms with Crippen molar-refractivity contribution in [2.24, 2.45) is 0 Å². The Morgan fingerprint density at radius 3 is 2.45 bits per heavy atom. The molecule has 1 aromatic carbocycles. The summed E-state index contributed by atoms with van der Waals surface area (Å²) in [5.41, 5.74) is 4.63. The van der Waals surface area contributed by atoms with Gasteiger partial charge in [0.15, 0.2) is 0 Å². The summed E-state index contributed by atoms with van der Waals surface area (Å²) < 4.78 is 26.9. The van der Waals surface area contributed by atoms with Crippen LogP contribution >= 0.6 is 0 Å². The van der Waals surface area contributed by atoms with Gasteiger partial charge in [-0.25, -0.2) is 13.2 Å². The second-order valence-corrected chi connectivity index (χ2v) is 8.75. The third kappa shape index (κ3) is 4.92. The zero-order valence-electron chi connectivity index (χ0n) is 17.2. The van der Waals surface area contributed by atoms with Gasteiger partial charge in [0.25, 0.3) is 10.0 Å². The minimum atomic E-state index is -3.68. The third-order valence-corrected chi connectivity index (χ3v) is 6.21. The molecule has 0 bridgehead atoms. The molecular weight excluding hydrogens is 420 g/mol. The highest BCUT2D eigenvalue weighted by Gasteiger charge is 2.22. The highest BCUT2D eigenvalue weighted by Crippen LogP contribution is 2.26. The Morgan fingerprint density at radius 1 is 1.16 bits per heavy atom. The Bertz CT molecular complexity index is 1250. The van der Waals surface area contributed by atoms with Crippen molar-refractivity contribution in [2.75, 3.05) is 10.0 Å². The Labute approximate surface area is 179 Å². The van der Waals surface area contributed by atoms with Gasteiger partial charge in [-0.2, -0.15) is 0 Å². The standard InChI is InChI=1S/C13H11N3O3S.C8H11NO2/c17-13-7-9-6-11(3-4-12(9)15-13)20(18,19)16-10-2-1-5-14-8-10;1-4-5(2)9-6(3)7(4)8(10)11/h1-6,8,16H,7H2,(H,15,17);9H,1-3H3,(H,10,11). The van der Waals surface area contributed by atoms with Gasteiger partial charge in [-0.1, -0.05) is 0 Å². The number of rotatable bonds is 4. The van der Waals surface area contributed by atoms with Crippen molar-refractivity contribution < 1.29 is 23.1 Å². The number of nitrogens with zero attached hydrogens (tertiary/aromatic N) is 1. The largest absolute Gasteiger partial charge is 0.478 e. The third-order valence-electron chi connectivity index (χ3n) is 4.83. The van der Waals surface area contributed by atoms with Gasteiger partial charge in [0.05, 0.1) is 28.8 Å². The van der Waals surface area contributed by atoms with Gasteiger partial charge in [-0.15, -0.1) is 0 Å². The number of amides is 1. The molecule has 0 spiro atoms. The van der Waals surface area contributed by atoms with E-state index >= 15 is 0 Å². The van der Waals surface area contributed by atoms with E-state index in [1.54, 1.807) is 31.3 Å². The molecule has 162 valence electrons. The van der Waals surface area contributed by atoms with Crippen molar-refractivity contribution in [3.63, 3.8) is 0 Å². The highest BCUT2D eigenvalue weighted by molar-refractivity contribution is 7.92. The van der Waals surface area contributed by atoms with Gasteiger partial charge < -0.3 is 15.4 Å². The summed E-state index contributed by atoms with van der Waals surface area (Å²) in [6.07, 6.45) is 3.19. The molecule has 1 aliphatic rings. The minimum absolute atomic E-state index is 0.122. The fourth-order valence-corrected chi connectivity index (χ4v) is 4.33. The van der Waals surface area contributed by atoms with E-state index < -0.39 is 16.0 Å². The summed E-state index contributed by atoms with van der Waals surface area (Å²) in [6, 6.07) is 7.82. The number of anilines is 2. The lowest BCUT2D eigenvalue weighted by molar-refractivity contribution is -0.115. The van der Waals surface area contributed by atoms with Gasteiger partial charge in [-0.3, -0.25) is 14.5 Å². The quantitative estimate of drug-likeness (QED) is 0.489. The number of hydrogen-bond donors (Lipinski definition) is 4. The van der Waals surface area contributed by atoms with Gasteiger partial charge in [0.1, 0.15) is 0 Å². The number of aromatic carboxylic acids is 1. The van der Waals surface area contributed by atoms with E-state index in [0.717, 1.165) is 17.0 Å². The molecule has 0 unspecified atom stereocenters. The number of benzene rings is 1. The Morgan fingerprint density at radius 2 is 1.90 bits per heavy atom. The molecule has 1 amide bonds. The topological polar surface area (TPSA) is 141 Å². The lowest BCUT2D eigenvalue weighted by Gasteiger charge is -2.08. The zero-order chi connectivity index (χ0) is 22.8. The number of aryl methyl sites for hydroxylation is 2. The summed E-state index contributed by atoms with van der Waals surface area (Å²) in [5.74, 6) is -0.987. The van der Waals surface area contributed by atoms with E-state index in [9.17, 15) is 18.0 Å². The summed E-state index contributed by atoms with van der Waals surface area (Å²) in [6.45, 7) is 5.44. The number of nitrogens with one attached hydrogen (secondary N) is 3. The van der Waals surface area contributed by atoms with Crippen LogP contribution in [-0.4, -0.2) is 35.4 Å². The number of aromatic amines is 1. The average Bonchev–Trinajstić information content (AvgIpc) is 3.19. The number of carbonyl (C=O) groups excluding carboxylic acids is 1. The molecule has 0 saturated heterocycles. The first-order chi connectivity index (χ1) is 14.6. The highest BCUT2D eigenvalue weighted by atomic mass is 32.2. The van der Waals surface area contributed by atoms with Crippen molar-refractivity contribution in [3.8, 4) is 0 Å². The second kappa shape index (κ2) is 8.60. The van der Waals surface area contributed by atoms with Crippen molar-refractivity contribution in [2.45, 2.75) is 32.1 Å². The van der Waals surface area contributed by atoms with E-state index in [1.165, 1.54) is 18.3 Å². The van der Waals surface area contributed by atoms with Crippen LogP contribution in [-0.2, 0) is 21.2 Å². The van der Waals surface area contributed by atoms with Crippen molar-refractivity contribution in [1.82, 2.24) is 9.97 Å². The molecule has 0 aliphatic carbocycles. The first-order valence-corrected chi connectivity index (χ1v) is 10.8. The molecule has 0 fully saturated rings. The van der Waals surface area contributed by atoms with Crippen molar-refractivity contribution in [1.29, 1.82) is 0 Å². The van der Waals surface area contributed by atoms with Crippen LogP contribution in [0.25, 0.3) is 0 Å². The molecule has 0 radical (unpaired) electrons. The normalized spacial score (nSPS) is 12.4. The van der Waals surface area contributed by atoms with Crippen molar-refractivity contribution >= 4 is 33.3 Å². The van der Waals surface area contributed by atoms with Crippen LogP contribution in [0, 0.1) is 20.8 Å². The number of fused-ring (bicyclic) bond motifs is 1. The van der Waals surface area contributed by atoms with Crippen LogP contribution in [0.5, 0.6) is 0 Å². The number of carbonyl (C=O) groups is 2. The second-order valence-electron chi connectivity index (χ2n) is 7.07. The minimum Gasteiger partial charge on any atom is -0.478 e. The van der Waals surface area contributed by atoms with Gasteiger partial charge >= 0.3 is 5.97 Å². The summed E-state index contributed by atoms with van der Waals surface area (Å²) in [7, 11) is -3.68. The maximum Gasteiger partial charge on any atom is 0.337 e. The molecule has 0 atom stereocenters. The molecule has 0 saturated carbocycles. The van der Waals surface area contributed by atoms with Crippen LogP contribution in [0.3, 0.4) is 0 Å². The van der Waals surface area contributed by atoms with Crippen LogP contribution in [0.1, 0.15) is 32.9 Å². The summed E-state index contributed by atoms with van der Waals surface area (Å²) in [5, 5.41) is 11.4. The zero-order valence-corrected chi connectivity index (χ0v) is 18.0. The first kappa shape index (κ1) is 22.0. The number of aromatic nitrogens is 2. The fraction of sp³-hybridized carbons (Fsp3) is 0.190. The van der Waals surface area contributed by atoms with E-state index in [2.05, 4.69) is 20.0 Å². The van der Waals surface area contributed by atoms with Gasteiger partial charge in [-0.05, 0) is 62.2 Å². The number of pyridine rings is 1. The first-order valence-electron chi connectivity index (χ1n) is 9.33. The van der Waals surface area contributed by atoms with E-state index in [0.29, 0.717) is 22.5 Å². The lowest BCUT2D eigenvalue weighted by atomic mass is 10.1. The molecule has 10 heteroatoms. The van der Waals surface area contributed by atoms with Crippen molar-refractivity contribution in [3.05, 3.63) is 70.8 Å². The number of hydrogen-bond acceptors (Lipinski definition) is 5. The molecular formula is C21H22N4O5S. The van der Waals surface area contributed by atoms with E-state index in [4.69, 9.17) is 5.11 Å². The monoisotopic (exact) mass is 442 g/mol. The van der Waals surface area contributed by atoms with Crippen LogP contribution in [0.15, 0.2) is 47.6 Å². The van der Waals surface area contributed by atoms with Crippen LogP contribution in [0.2, 0.25) is 0 Å². The number of sulfonamides is 1. The molecule has 3 aromatic rings. The van der Waals surface area contributed by atoms with E-state index in [-0.39, 0.29) is 17.2 Å². The fourth-order valence-electron chi connectivity index (χ4n) is 3.24. The number of carboxylic acid groups (broad SMARTS) is 1. The maximum absolute atomic E-state index is 12.2. The molecule has 31 heavy (non-hydrogen) atoms. The number of H-pyrrole nitrogens is 1. The summed E-state index contributed by atoms with van der Waals surface area (Å²) in [4.78, 5) is 28.9. The smallest absolute Gasteiger partial charge is 0.337 e. The molecule has 2 aromatic heterocycles. The average molecular weight is 442 g/mol. The van der Waals surface area contributed by atoms with Crippen LogP contribution < -0.4 is 10.0 Å². The maximum atomic E-state index is 12.2. The molecule has 4 rings (SSSR count). The molecule has 1 aliphatic heterocycles. The number of carboxylic acids is 1. The molecule has 9 nitrogen and oxygen atoms in total. The molecule has 4 N–H and O–H groups in total. The predicted octanol–water partition coefficient (Wildman–Crippen LogP) is 3.02. The lowest BCUT2D eigenvalue weighted by Crippen LogP contribution is -2.13. The predicted molar refractivity (Wildman–Crippen MR) is 116 cm³/mol. The van der Waals surface area contributed by atoms with E-state index in [1.807, 2.05) is 13.8 Å². The van der Waals surface area contributed by atoms with Gasteiger partial charge in [0, 0.05) is 23.3 Å². The molecule has 3 heterocycles. The van der Waals surface area contributed by atoms with Gasteiger partial charge in [0.2, 0.25) is 5.91 Å². The summed E-state index contributed by atoms with van der Waals surface area (Å²) >= 11 is 0.